The summed E-state index contributed by atoms with van der Waals surface area (Å²) in [5, 5.41) is 6.62. The van der Waals surface area contributed by atoms with Gasteiger partial charge >= 0.3 is 0 Å². The molecule has 0 spiro atoms. The summed E-state index contributed by atoms with van der Waals surface area (Å²) in [6.07, 6.45) is 2.51. The maximum absolute atomic E-state index is 12.5. The minimum Gasteiger partial charge on any atom is -0.350 e. The van der Waals surface area contributed by atoms with Crippen LogP contribution in [0.5, 0.6) is 0 Å². The van der Waals surface area contributed by atoms with Crippen molar-refractivity contribution in [1.29, 1.82) is 0 Å². The first-order valence-corrected chi connectivity index (χ1v) is 11.8. The van der Waals surface area contributed by atoms with Crippen molar-refractivity contribution in [3.05, 3.63) is 81.6 Å². The lowest BCUT2D eigenvalue weighted by atomic mass is 10.1. The molecular formula is C23H22Cl2N4O2S. The number of carbonyl (C=O) groups excluding carboxylic acids is 2. The van der Waals surface area contributed by atoms with E-state index in [0.29, 0.717) is 21.6 Å². The smallest absolute Gasteiger partial charge is 0.271 e. The Morgan fingerprint density at radius 2 is 1.69 bits per heavy atom. The van der Waals surface area contributed by atoms with E-state index >= 15 is 0 Å². The van der Waals surface area contributed by atoms with Gasteiger partial charge in [0.2, 0.25) is 5.91 Å². The second-order valence-corrected chi connectivity index (χ2v) is 8.65. The van der Waals surface area contributed by atoms with Crippen LogP contribution >= 0.6 is 35.0 Å². The van der Waals surface area contributed by atoms with Gasteiger partial charge in [-0.05, 0) is 41.8 Å². The van der Waals surface area contributed by atoms with Crippen molar-refractivity contribution in [1.82, 2.24) is 15.3 Å². The molecule has 0 fully saturated rings. The van der Waals surface area contributed by atoms with E-state index in [9.17, 15) is 9.59 Å². The molecule has 2 aromatic carbocycles. The highest BCUT2D eigenvalue weighted by Crippen LogP contribution is 2.22. The number of halogens is 2. The van der Waals surface area contributed by atoms with E-state index < -0.39 is 5.91 Å². The lowest BCUT2D eigenvalue weighted by Gasteiger charge is -2.08. The fourth-order valence-corrected chi connectivity index (χ4v) is 3.80. The number of amides is 2. The number of benzene rings is 2. The van der Waals surface area contributed by atoms with Crippen molar-refractivity contribution in [3.8, 4) is 0 Å². The van der Waals surface area contributed by atoms with Crippen LogP contribution in [-0.2, 0) is 17.0 Å². The Bertz CT molecular complexity index is 1080. The van der Waals surface area contributed by atoms with Gasteiger partial charge in [0.15, 0.2) is 10.9 Å². The SMILES string of the molecule is CCc1ccc(CSc2ncc(Cl)c(C(=O)NCCC(=O)Nc3ccc(Cl)cc3)n2)cc1. The molecule has 6 nitrogen and oxygen atoms in total. The Morgan fingerprint density at radius 3 is 2.38 bits per heavy atom. The van der Waals surface area contributed by atoms with E-state index in [4.69, 9.17) is 23.2 Å². The predicted molar refractivity (Wildman–Crippen MR) is 129 cm³/mol. The van der Waals surface area contributed by atoms with E-state index in [2.05, 4.69) is 51.8 Å². The quantitative estimate of drug-likeness (QED) is 0.311. The zero-order valence-electron chi connectivity index (χ0n) is 17.4. The predicted octanol–water partition coefficient (Wildman–Crippen LogP) is 5.40. The first-order valence-electron chi connectivity index (χ1n) is 10.0. The highest BCUT2D eigenvalue weighted by atomic mass is 35.5. The number of anilines is 1. The molecule has 2 amide bonds. The molecule has 0 bridgehead atoms. The second kappa shape index (κ2) is 11.9. The van der Waals surface area contributed by atoms with Gasteiger partial charge in [0.05, 0.1) is 11.2 Å². The van der Waals surface area contributed by atoms with Crippen molar-refractivity contribution in [2.45, 2.75) is 30.7 Å². The Balaban J connectivity index is 1.50. The van der Waals surface area contributed by atoms with Gasteiger partial charge in [-0.1, -0.05) is 66.2 Å². The minimum atomic E-state index is -0.453. The lowest BCUT2D eigenvalue weighted by Crippen LogP contribution is -2.28. The average molecular weight is 489 g/mol. The number of carbonyl (C=O) groups is 2. The number of nitrogens with one attached hydrogen (secondary N) is 2. The third-order valence-electron chi connectivity index (χ3n) is 4.50. The molecule has 0 atom stereocenters. The van der Waals surface area contributed by atoms with Gasteiger partial charge in [0.1, 0.15) is 0 Å². The summed E-state index contributed by atoms with van der Waals surface area (Å²) in [5.74, 6) is -0.00466. The van der Waals surface area contributed by atoms with Gasteiger partial charge in [0.25, 0.3) is 5.91 Å². The molecular weight excluding hydrogens is 467 g/mol. The van der Waals surface area contributed by atoms with Crippen molar-refractivity contribution in [2.24, 2.45) is 0 Å². The summed E-state index contributed by atoms with van der Waals surface area (Å²) in [4.78, 5) is 33.0. The molecule has 1 heterocycles. The van der Waals surface area contributed by atoms with Crippen molar-refractivity contribution in [2.75, 3.05) is 11.9 Å². The number of hydrogen-bond donors (Lipinski definition) is 2. The van der Waals surface area contributed by atoms with Crippen molar-refractivity contribution in [3.63, 3.8) is 0 Å². The summed E-state index contributed by atoms with van der Waals surface area (Å²) in [6, 6.07) is 15.1. The minimum absolute atomic E-state index is 0.0867. The number of nitrogens with zero attached hydrogens (tertiary/aromatic N) is 2. The van der Waals surface area contributed by atoms with Gasteiger partial charge < -0.3 is 10.6 Å². The zero-order valence-corrected chi connectivity index (χ0v) is 19.7. The van der Waals surface area contributed by atoms with Crippen LogP contribution in [0.2, 0.25) is 10.0 Å². The van der Waals surface area contributed by atoms with Crippen molar-refractivity contribution < 1.29 is 9.59 Å². The molecule has 2 N–H and O–H groups in total. The third-order valence-corrected chi connectivity index (χ3v) is 5.96. The van der Waals surface area contributed by atoms with Gasteiger partial charge in [-0.3, -0.25) is 9.59 Å². The van der Waals surface area contributed by atoms with E-state index in [-0.39, 0.29) is 29.6 Å². The number of aromatic nitrogens is 2. The van der Waals surface area contributed by atoms with Crippen LogP contribution in [0.1, 0.15) is 35.0 Å². The van der Waals surface area contributed by atoms with E-state index in [0.717, 1.165) is 12.0 Å². The van der Waals surface area contributed by atoms with Gasteiger partial charge in [-0.15, -0.1) is 0 Å². The Hall–Kier alpha value is -2.61. The summed E-state index contributed by atoms with van der Waals surface area (Å²) in [6.45, 7) is 2.26. The monoisotopic (exact) mass is 488 g/mol. The van der Waals surface area contributed by atoms with E-state index in [1.54, 1.807) is 24.3 Å². The standard InChI is InChI=1S/C23H22Cl2N4O2S/c1-2-15-3-5-16(6-4-15)14-32-23-27-13-19(25)21(29-23)22(31)26-12-11-20(30)28-18-9-7-17(24)8-10-18/h3-10,13H,2,11-12,14H2,1H3,(H,26,31)(H,28,30). The van der Waals surface area contributed by atoms with Crippen LogP contribution < -0.4 is 10.6 Å². The van der Waals surface area contributed by atoms with Crippen LogP contribution in [0, 0.1) is 0 Å². The molecule has 9 heteroatoms. The molecule has 32 heavy (non-hydrogen) atoms. The number of thioether (sulfide) groups is 1. The molecule has 0 saturated carbocycles. The summed E-state index contributed by atoms with van der Waals surface area (Å²) < 4.78 is 0. The summed E-state index contributed by atoms with van der Waals surface area (Å²) in [7, 11) is 0. The molecule has 3 rings (SSSR count). The second-order valence-electron chi connectivity index (χ2n) is 6.87. The van der Waals surface area contributed by atoms with Crippen LogP contribution in [0.15, 0.2) is 59.9 Å². The normalized spacial score (nSPS) is 10.6. The fourth-order valence-electron chi connectivity index (χ4n) is 2.73. The fraction of sp³-hybridized carbons (Fsp3) is 0.217. The van der Waals surface area contributed by atoms with E-state index in [1.165, 1.54) is 23.5 Å². The molecule has 0 aliphatic heterocycles. The Labute approximate surface area is 201 Å². The number of hydrogen-bond acceptors (Lipinski definition) is 5. The molecule has 0 saturated heterocycles. The molecule has 0 aliphatic carbocycles. The lowest BCUT2D eigenvalue weighted by molar-refractivity contribution is -0.116. The third kappa shape index (κ3) is 7.22. The van der Waals surface area contributed by atoms with Gasteiger partial charge in [-0.25, -0.2) is 9.97 Å². The number of aryl methyl sites for hydroxylation is 1. The first kappa shape index (κ1) is 24.0. The van der Waals surface area contributed by atoms with Crippen LogP contribution in [0.3, 0.4) is 0 Å². The molecule has 1 aromatic heterocycles. The molecule has 0 radical (unpaired) electrons. The van der Waals surface area contributed by atoms with Crippen molar-refractivity contribution >= 4 is 52.5 Å². The molecule has 3 aromatic rings. The van der Waals surface area contributed by atoms with Gasteiger partial charge in [-0.2, -0.15) is 0 Å². The van der Waals surface area contributed by atoms with Crippen LogP contribution in [0.25, 0.3) is 0 Å². The topological polar surface area (TPSA) is 84.0 Å². The Kier molecular flexibility index (Phi) is 8.90. The molecule has 0 unspecified atom stereocenters. The van der Waals surface area contributed by atoms with Crippen LogP contribution in [-0.4, -0.2) is 28.3 Å². The zero-order chi connectivity index (χ0) is 22.9. The summed E-state index contributed by atoms with van der Waals surface area (Å²) >= 11 is 13.4. The highest BCUT2D eigenvalue weighted by molar-refractivity contribution is 7.98. The molecule has 166 valence electrons. The van der Waals surface area contributed by atoms with Crippen LogP contribution in [0.4, 0.5) is 5.69 Å². The maximum Gasteiger partial charge on any atom is 0.271 e. The molecule has 0 aliphatic rings. The summed E-state index contributed by atoms with van der Waals surface area (Å²) in [5.41, 5.74) is 3.14. The largest absolute Gasteiger partial charge is 0.350 e. The number of rotatable bonds is 9. The maximum atomic E-state index is 12.5. The van der Waals surface area contributed by atoms with E-state index in [1.807, 2.05) is 0 Å². The average Bonchev–Trinajstić information content (AvgIpc) is 2.80. The first-order chi connectivity index (χ1) is 15.4. The Morgan fingerprint density at radius 1 is 1.00 bits per heavy atom. The van der Waals surface area contributed by atoms with Gasteiger partial charge in [0, 0.05) is 29.4 Å². The highest BCUT2D eigenvalue weighted by Gasteiger charge is 2.15.